The van der Waals surface area contributed by atoms with Crippen LogP contribution in [0.1, 0.15) is 0 Å². The van der Waals surface area contributed by atoms with Crippen molar-refractivity contribution in [3.05, 3.63) is 12.9 Å². The fourth-order valence-electron chi connectivity index (χ4n) is 0. The van der Waals surface area contributed by atoms with Gasteiger partial charge in [0, 0.05) is 0 Å². The van der Waals surface area contributed by atoms with Crippen LogP contribution in [-0.4, -0.2) is 38.8 Å². The molecule has 0 aromatic rings. The number of hydrogen-bond donors (Lipinski definition) is 5. The van der Waals surface area contributed by atoms with Gasteiger partial charge in [-0.1, -0.05) is 6.58 Å². The maximum atomic E-state index is 10.1. The zero-order chi connectivity index (χ0) is 9.86. The van der Waals surface area contributed by atoms with Gasteiger partial charge in [-0.2, -0.15) is 0 Å². The van der Waals surface area contributed by atoms with Gasteiger partial charge in [0.05, 0.1) is 6.33 Å². The molecule has 0 fully saturated rings. The van der Waals surface area contributed by atoms with Crippen molar-refractivity contribution < 1.29 is 34.5 Å². The average molecular weight is 170 g/mol. The van der Waals surface area contributed by atoms with Gasteiger partial charge >= 0.3 is 13.5 Å². The molecular formula is C3H8BFO6. The van der Waals surface area contributed by atoms with Gasteiger partial charge < -0.3 is 25.3 Å². The number of halogens is 1. The molecule has 0 amide bonds. The maximum absolute atomic E-state index is 10.1. The van der Waals surface area contributed by atoms with Gasteiger partial charge in [0.1, 0.15) is 0 Å². The molecule has 6 nitrogen and oxygen atoms in total. The quantitative estimate of drug-likeness (QED) is 0.306. The van der Waals surface area contributed by atoms with Crippen LogP contribution in [0.4, 0.5) is 9.18 Å². The van der Waals surface area contributed by atoms with Gasteiger partial charge in [-0.05, 0) is 0 Å². The topological polar surface area (TPSA) is 118 Å². The van der Waals surface area contributed by atoms with Crippen molar-refractivity contribution in [3.8, 4) is 0 Å². The Balaban J connectivity index is -0.0000000886. The average Bonchev–Trinajstić information content (AvgIpc) is 1.60. The molecule has 0 bridgehead atoms. The van der Waals surface area contributed by atoms with Crippen LogP contribution < -0.4 is 0 Å². The molecule has 66 valence electrons. The van der Waals surface area contributed by atoms with E-state index in [9.17, 15) is 4.39 Å². The molecule has 0 atom stereocenters. The maximum Gasteiger partial charge on any atom is 0.631 e. The van der Waals surface area contributed by atoms with Crippen molar-refractivity contribution in [1.82, 2.24) is 0 Å². The van der Waals surface area contributed by atoms with Crippen LogP contribution in [0, 0.1) is 0 Å². The van der Waals surface area contributed by atoms with E-state index >= 15 is 0 Å². The van der Waals surface area contributed by atoms with E-state index in [0.29, 0.717) is 0 Å². The molecule has 0 aromatic heterocycles. The SMILES string of the molecule is C=CF.O=C(O)O.OB(O)O. The van der Waals surface area contributed by atoms with Crippen molar-refractivity contribution in [2.24, 2.45) is 0 Å². The predicted molar refractivity (Wildman–Crippen MR) is 34.4 cm³/mol. The van der Waals surface area contributed by atoms with Crippen molar-refractivity contribution in [1.29, 1.82) is 0 Å². The smallest absolute Gasteiger partial charge is 0.450 e. The van der Waals surface area contributed by atoms with Gasteiger partial charge in [0.25, 0.3) is 0 Å². The Hall–Kier alpha value is -1.12. The first-order valence-corrected chi connectivity index (χ1v) is 2.05. The summed E-state index contributed by atoms with van der Waals surface area (Å²) >= 11 is 0. The van der Waals surface area contributed by atoms with Crippen molar-refractivity contribution in [2.45, 2.75) is 0 Å². The third-order valence-electron chi connectivity index (χ3n) is 0. The molecule has 11 heavy (non-hydrogen) atoms. The number of carbonyl (C=O) groups is 1. The van der Waals surface area contributed by atoms with Crippen LogP contribution in [0.15, 0.2) is 12.9 Å². The molecule has 0 aliphatic rings. The third-order valence-corrected chi connectivity index (χ3v) is 0. The number of rotatable bonds is 0. The lowest BCUT2D eigenvalue weighted by Gasteiger charge is -1.69. The lowest BCUT2D eigenvalue weighted by Crippen LogP contribution is -2.07. The minimum Gasteiger partial charge on any atom is -0.450 e. The monoisotopic (exact) mass is 170 g/mol. The molecule has 0 radical (unpaired) electrons. The lowest BCUT2D eigenvalue weighted by atomic mass is 10.3. The first-order chi connectivity index (χ1) is 4.88. The van der Waals surface area contributed by atoms with Gasteiger partial charge in [0.2, 0.25) is 0 Å². The highest BCUT2D eigenvalue weighted by Gasteiger charge is 1.92. The molecule has 5 N–H and O–H groups in total. The van der Waals surface area contributed by atoms with Crippen LogP contribution >= 0.6 is 0 Å². The molecule has 0 saturated carbocycles. The molecule has 0 aliphatic heterocycles. The molecular weight excluding hydrogens is 162 g/mol. The molecule has 0 aromatic carbocycles. The van der Waals surface area contributed by atoms with Crippen molar-refractivity contribution in [3.63, 3.8) is 0 Å². The van der Waals surface area contributed by atoms with E-state index in [1.165, 1.54) is 0 Å². The predicted octanol–water partition coefficient (Wildman–Crippen LogP) is -0.730. The normalized spacial score (nSPS) is 5.82. The fraction of sp³-hybridized carbons (Fsp3) is 0. The Labute approximate surface area is 62.0 Å². The second-order valence-corrected chi connectivity index (χ2v) is 0.783. The van der Waals surface area contributed by atoms with Crippen LogP contribution in [-0.2, 0) is 0 Å². The van der Waals surface area contributed by atoms with Crippen LogP contribution in [0.2, 0.25) is 0 Å². The highest BCUT2D eigenvalue weighted by molar-refractivity contribution is 6.30. The Kier molecular flexibility index (Phi) is 23.9. The van der Waals surface area contributed by atoms with E-state index in [1.54, 1.807) is 0 Å². The van der Waals surface area contributed by atoms with Gasteiger partial charge in [0.15, 0.2) is 0 Å². The van der Waals surface area contributed by atoms with Crippen LogP contribution in [0.5, 0.6) is 0 Å². The van der Waals surface area contributed by atoms with E-state index in [4.69, 9.17) is 30.1 Å². The second-order valence-electron chi connectivity index (χ2n) is 0.783. The van der Waals surface area contributed by atoms with Crippen molar-refractivity contribution in [2.75, 3.05) is 0 Å². The summed E-state index contributed by atoms with van der Waals surface area (Å²) in [6.45, 7) is 2.69. The van der Waals surface area contributed by atoms with Crippen LogP contribution in [0.3, 0.4) is 0 Å². The Morgan fingerprint density at radius 1 is 1.36 bits per heavy atom. The standard InChI is InChI=1S/C2H3F.CH2O3.BH3O3/c1-2-3;2*2-1(3)4/h2H,1H2;(H2,2,3,4);2-4H. The highest BCUT2D eigenvalue weighted by atomic mass is 19.1. The first kappa shape index (κ1) is 16.5. The number of hydrogen-bond acceptors (Lipinski definition) is 4. The largest absolute Gasteiger partial charge is 0.631 e. The minimum absolute atomic E-state index is 0.250. The molecule has 0 spiro atoms. The summed E-state index contributed by atoms with van der Waals surface area (Å²) in [5, 5.41) is 35.4. The Morgan fingerprint density at radius 3 is 1.36 bits per heavy atom. The molecule has 0 heterocycles. The Bertz CT molecular complexity index is 89.1. The summed E-state index contributed by atoms with van der Waals surface area (Å²) in [5.41, 5.74) is 0. The van der Waals surface area contributed by atoms with Crippen LogP contribution in [0.25, 0.3) is 0 Å². The summed E-state index contributed by atoms with van der Waals surface area (Å²) in [7, 11) is -2.17. The number of carboxylic acid groups (broad SMARTS) is 2. The van der Waals surface area contributed by atoms with E-state index in [2.05, 4.69) is 6.58 Å². The fourth-order valence-corrected chi connectivity index (χ4v) is 0. The van der Waals surface area contributed by atoms with E-state index in [0.717, 1.165) is 0 Å². The molecule has 0 aliphatic carbocycles. The van der Waals surface area contributed by atoms with E-state index in [-0.39, 0.29) is 6.33 Å². The summed E-state index contributed by atoms with van der Waals surface area (Å²) in [5.74, 6) is 0. The van der Waals surface area contributed by atoms with Crippen molar-refractivity contribution >= 4 is 13.5 Å². The van der Waals surface area contributed by atoms with Gasteiger partial charge in [-0.3, -0.25) is 0 Å². The molecule has 0 unspecified atom stereocenters. The zero-order valence-electron chi connectivity index (χ0n) is 5.38. The second kappa shape index (κ2) is 16.0. The molecule has 0 rings (SSSR count). The molecule has 0 saturated heterocycles. The first-order valence-electron chi connectivity index (χ1n) is 2.05. The summed E-state index contributed by atoms with van der Waals surface area (Å²) < 4.78 is 10.1. The third kappa shape index (κ3) is 339. The van der Waals surface area contributed by atoms with Gasteiger partial charge in [-0.25, -0.2) is 9.18 Å². The lowest BCUT2D eigenvalue weighted by molar-refractivity contribution is 0.137. The van der Waals surface area contributed by atoms with E-state index in [1.807, 2.05) is 0 Å². The summed E-state index contributed by atoms with van der Waals surface area (Å²) in [4.78, 5) is 8.56. The Morgan fingerprint density at radius 2 is 1.36 bits per heavy atom. The van der Waals surface area contributed by atoms with E-state index < -0.39 is 13.5 Å². The summed E-state index contributed by atoms with van der Waals surface area (Å²) in [6, 6.07) is 0. The minimum atomic E-state index is -2.17. The summed E-state index contributed by atoms with van der Waals surface area (Å²) in [6.07, 6.45) is -1.58. The molecule has 8 heteroatoms. The van der Waals surface area contributed by atoms with Gasteiger partial charge in [-0.15, -0.1) is 0 Å². The zero-order valence-corrected chi connectivity index (χ0v) is 5.38. The highest BCUT2D eigenvalue weighted by Crippen LogP contribution is 1.48.